The molecule has 0 radical (unpaired) electrons. The second-order valence-corrected chi connectivity index (χ2v) is 14.5. The standard InChI is InChI=1S/C19H28.C11H10F2.C8H10.C8H16.C4H10.C2H6/c1-4-16-10-9-11-17(14-16)15-19(3,5-2)18-12-7-6-8-13-18;1-4-9-6-5-8(2)7-10(9)11(3,12)13;1-2-8-6-4-3-5-7-8;1-4-6-7-8(3)5-2;1-3-4-2;1-2/h5,9-11,14,18H,2,4,6-8,12-13,15H2,1,3H3;1,5-7H,2-3H3;3-7H,2H2,1H3;3-7H2,1-2H3;3-4H2,1-2H3;1-2H3. The number of rotatable bonds is 12. The number of benzene rings is 3. The molecular formula is C52H80F2. The number of hydrogen-bond donors (Lipinski definition) is 0. The molecule has 0 heterocycles. The molecule has 0 spiro atoms. The molecule has 0 aromatic heterocycles. The van der Waals surface area contributed by atoms with Crippen LogP contribution < -0.4 is 0 Å². The molecule has 3 aromatic carbocycles. The van der Waals surface area contributed by atoms with Gasteiger partial charge < -0.3 is 0 Å². The van der Waals surface area contributed by atoms with Gasteiger partial charge in [0, 0.05) is 18.1 Å². The second kappa shape index (κ2) is 31.9. The van der Waals surface area contributed by atoms with E-state index in [9.17, 15) is 8.78 Å². The summed E-state index contributed by atoms with van der Waals surface area (Å²) in [6, 6.07) is 24.3. The molecule has 4 rings (SSSR count). The zero-order chi connectivity index (χ0) is 41.4. The lowest BCUT2D eigenvalue weighted by atomic mass is 9.67. The molecule has 1 unspecified atom stereocenters. The van der Waals surface area contributed by atoms with Gasteiger partial charge >= 0.3 is 0 Å². The third-order valence-electron chi connectivity index (χ3n) is 9.93. The van der Waals surface area contributed by atoms with Crippen LogP contribution in [0.15, 0.2) is 97.6 Å². The van der Waals surface area contributed by atoms with Gasteiger partial charge in [-0.25, -0.2) is 8.78 Å². The van der Waals surface area contributed by atoms with Crippen molar-refractivity contribution in [1.82, 2.24) is 0 Å². The van der Waals surface area contributed by atoms with Crippen molar-refractivity contribution >= 4 is 0 Å². The summed E-state index contributed by atoms with van der Waals surface area (Å²) in [5.41, 5.74) is 6.98. The second-order valence-electron chi connectivity index (χ2n) is 14.5. The van der Waals surface area contributed by atoms with E-state index in [2.05, 4.69) is 122 Å². The monoisotopic (exact) mass is 743 g/mol. The van der Waals surface area contributed by atoms with Crippen molar-refractivity contribution in [2.45, 2.75) is 172 Å². The fraction of sp³-hybridized carbons (Fsp3) is 0.538. The molecule has 1 atom stereocenters. The highest BCUT2D eigenvalue weighted by atomic mass is 19.3. The van der Waals surface area contributed by atoms with Crippen LogP contribution >= 0.6 is 0 Å². The van der Waals surface area contributed by atoms with Crippen LogP contribution in [0.3, 0.4) is 0 Å². The lowest BCUT2D eigenvalue weighted by molar-refractivity contribution is 0.0171. The van der Waals surface area contributed by atoms with Crippen LogP contribution in [0.2, 0.25) is 0 Å². The maximum atomic E-state index is 13.0. The summed E-state index contributed by atoms with van der Waals surface area (Å²) < 4.78 is 26.0. The summed E-state index contributed by atoms with van der Waals surface area (Å²) in [6.45, 7) is 30.2. The fourth-order valence-electron chi connectivity index (χ4n) is 6.01. The summed E-state index contributed by atoms with van der Waals surface area (Å²) in [5.74, 6) is 0.205. The molecule has 0 nitrogen and oxygen atoms in total. The van der Waals surface area contributed by atoms with Crippen molar-refractivity contribution in [3.8, 4) is 12.3 Å². The van der Waals surface area contributed by atoms with E-state index in [4.69, 9.17) is 6.42 Å². The van der Waals surface area contributed by atoms with Gasteiger partial charge in [-0.15, -0.1) is 13.0 Å². The average molecular weight is 743 g/mol. The average Bonchev–Trinajstić information content (AvgIpc) is 3.21. The number of hydrogen-bond acceptors (Lipinski definition) is 0. The minimum atomic E-state index is -2.87. The number of unbranched alkanes of at least 4 members (excludes halogenated alkanes) is 2. The molecule has 1 aliphatic rings. The van der Waals surface area contributed by atoms with Crippen molar-refractivity contribution in [2.24, 2.45) is 11.3 Å². The first-order valence-corrected chi connectivity index (χ1v) is 21.2. The molecule has 54 heavy (non-hydrogen) atoms. The van der Waals surface area contributed by atoms with Crippen LogP contribution in [0.1, 0.15) is 173 Å². The van der Waals surface area contributed by atoms with Crippen molar-refractivity contribution in [3.63, 3.8) is 0 Å². The Kier molecular flexibility index (Phi) is 31.1. The highest BCUT2D eigenvalue weighted by Gasteiger charge is 2.32. The molecule has 0 N–H and O–H groups in total. The third-order valence-corrected chi connectivity index (χ3v) is 9.93. The van der Waals surface area contributed by atoms with Crippen LogP contribution in [-0.2, 0) is 25.2 Å². The van der Waals surface area contributed by atoms with Crippen LogP contribution in [0.25, 0.3) is 0 Å². The normalized spacial score (nSPS) is 13.0. The summed E-state index contributed by atoms with van der Waals surface area (Å²) >= 11 is 0. The van der Waals surface area contributed by atoms with Crippen LogP contribution in [0, 0.1) is 30.6 Å². The van der Waals surface area contributed by atoms with E-state index in [1.807, 2.05) is 19.9 Å². The molecule has 0 saturated heterocycles. The minimum absolute atomic E-state index is 0.0741. The van der Waals surface area contributed by atoms with Gasteiger partial charge in [0.1, 0.15) is 0 Å². The Labute approximate surface area is 334 Å². The van der Waals surface area contributed by atoms with Gasteiger partial charge in [0.25, 0.3) is 5.92 Å². The SMILES string of the molecule is C#Cc1ccc(C)cc1C(C)(F)F.C=C(CC)CCCC.C=CC(C)(Cc1cccc(CC)c1)C1CCCCC1.CC.CCCC.CCc1ccccc1. The van der Waals surface area contributed by atoms with E-state index in [0.717, 1.165) is 44.1 Å². The largest absolute Gasteiger partial charge is 0.271 e. The molecule has 0 aliphatic heterocycles. The highest BCUT2D eigenvalue weighted by Crippen LogP contribution is 2.41. The zero-order valence-electron chi connectivity index (χ0n) is 36.7. The smallest absolute Gasteiger partial charge is 0.202 e. The van der Waals surface area contributed by atoms with Gasteiger partial charge in [0.05, 0.1) is 0 Å². The molecule has 1 saturated carbocycles. The van der Waals surface area contributed by atoms with Crippen molar-refractivity contribution in [1.29, 1.82) is 0 Å². The van der Waals surface area contributed by atoms with E-state index in [1.165, 1.54) is 92.5 Å². The number of aryl methyl sites for hydroxylation is 3. The van der Waals surface area contributed by atoms with Gasteiger partial charge in [-0.3, -0.25) is 0 Å². The zero-order valence-corrected chi connectivity index (χ0v) is 36.7. The van der Waals surface area contributed by atoms with Gasteiger partial charge in [-0.1, -0.05) is 191 Å². The third kappa shape index (κ3) is 23.4. The lowest BCUT2D eigenvalue weighted by Crippen LogP contribution is -2.29. The van der Waals surface area contributed by atoms with Crippen LogP contribution in [0.5, 0.6) is 0 Å². The summed E-state index contributed by atoms with van der Waals surface area (Å²) in [7, 11) is 0. The van der Waals surface area contributed by atoms with E-state index >= 15 is 0 Å². The number of halogens is 2. The Hall–Kier alpha value is -3.44. The van der Waals surface area contributed by atoms with E-state index in [1.54, 1.807) is 19.1 Å². The Morgan fingerprint density at radius 3 is 1.78 bits per heavy atom. The summed E-state index contributed by atoms with van der Waals surface area (Å²) in [6.07, 6.45) is 25.4. The molecule has 2 heteroatoms. The maximum Gasteiger partial charge on any atom is 0.271 e. The first-order chi connectivity index (χ1) is 25.8. The molecule has 0 amide bonds. The summed E-state index contributed by atoms with van der Waals surface area (Å²) in [4.78, 5) is 0. The van der Waals surface area contributed by atoms with Crippen LogP contribution in [0.4, 0.5) is 8.78 Å². The number of terminal acetylenes is 1. The Balaban J connectivity index is 0. The first kappa shape index (κ1) is 52.7. The molecule has 3 aromatic rings. The molecular weight excluding hydrogens is 663 g/mol. The predicted octanol–water partition coefficient (Wildman–Crippen LogP) is 16.9. The molecule has 0 bridgehead atoms. The van der Waals surface area contributed by atoms with Gasteiger partial charge in [-0.05, 0) is 98.4 Å². The van der Waals surface area contributed by atoms with Gasteiger partial charge in [0.2, 0.25) is 0 Å². The van der Waals surface area contributed by atoms with E-state index < -0.39 is 5.92 Å². The Morgan fingerprint density at radius 2 is 1.33 bits per heavy atom. The van der Waals surface area contributed by atoms with Gasteiger partial charge in [-0.2, -0.15) is 0 Å². The topological polar surface area (TPSA) is 0 Å². The summed E-state index contributed by atoms with van der Waals surface area (Å²) in [5, 5.41) is 0. The molecule has 302 valence electrons. The molecule has 1 fully saturated rings. The first-order valence-electron chi connectivity index (χ1n) is 21.2. The molecule has 1 aliphatic carbocycles. The number of allylic oxidation sites excluding steroid dienone is 2. The maximum absolute atomic E-state index is 13.0. The van der Waals surface area contributed by atoms with Crippen molar-refractivity contribution < 1.29 is 8.78 Å². The van der Waals surface area contributed by atoms with Crippen molar-refractivity contribution in [3.05, 3.63) is 131 Å². The predicted molar refractivity (Wildman–Crippen MR) is 240 cm³/mol. The number of alkyl halides is 2. The fourth-order valence-corrected chi connectivity index (χ4v) is 6.01. The quantitative estimate of drug-likeness (QED) is 0.128. The van der Waals surface area contributed by atoms with Gasteiger partial charge in [0.15, 0.2) is 0 Å². The highest BCUT2D eigenvalue weighted by molar-refractivity contribution is 5.44. The minimum Gasteiger partial charge on any atom is -0.202 e. The van der Waals surface area contributed by atoms with E-state index in [0.29, 0.717) is 0 Å². The lowest BCUT2D eigenvalue weighted by Gasteiger charge is -2.38. The van der Waals surface area contributed by atoms with Crippen molar-refractivity contribution in [2.75, 3.05) is 0 Å². The van der Waals surface area contributed by atoms with E-state index in [-0.39, 0.29) is 16.5 Å². The Bertz CT molecular complexity index is 1400. The van der Waals surface area contributed by atoms with Crippen LogP contribution in [-0.4, -0.2) is 0 Å². The Morgan fingerprint density at radius 1 is 0.778 bits per heavy atom.